The number of benzene rings is 2. The summed E-state index contributed by atoms with van der Waals surface area (Å²) >= 11 is 0. The molecule has 0 spiro atoms. The van der Waals surface area contributed by atoms with E-state index in [2.05, 4.69) is 60.5 Å². The summed E-state index contributed by atoms with van der Waals surface area (Å²) in [5.74, 6) is 0.491. The number of rotatable bonds is 6. The molecule has 0 N–H and O–H groups in total. The smallest absolute Gasteiger partial charge is 0.236 e. The van der Waals surface area contributed by atoms with E-state index in [1.807, 2.05) is 36.4 Å². The van der Waals surface area contributed by atoms with E-state index in [0.29, 0.717) is 11.8 Å². The Bertz CT molecular complexity index is 1100. The lowest BCUT2D eigenvalue weighted by atomic mass is 10.0. The molecule has 0 unspecified atom stereocenters. The summed E-state index contributed by atoms with van der Waals surface area (Å²) < 4.78 is 3.21. The summed E-state index contributed by atoms with van der Waals surface area (Å²) in [5.41, 5.74) is 4.58. The molecule has 4 aromatic rings. The van der Waals surface area contributed by atoms with Gasteiger partial charge in [0.25, 0.3) is 0 Å². The fraction of sp³-hybridized carbons (Fsp3) is 0.261. The molecule has 0 bridgehead atoms. The Labute approximate surface area is 175 Å². The molecule has 0 aliphatic heterocycles. The second kappa shape index (κ2) is 8.02. The molecule has 0 saturated heterocycles. The first-order valence-corrected chi connectivity index (χ1v) is 10.0. The van der Waals surface area contributed by atoms with E-state index in [0.717, 1.165) is 11.4 Å². The van der Waals surface area contributed by atoms with Crippen molar-refractivity contribution in [2.75, 3.05) is 0 Å². The highest BCUT2D eigenvalue weighted by molar-refractivity contribution is 6.05. The van der Waals surface area contributed by atoms with E-state index < -0.39 is 0 Å². The third-order valence-electron chi connectivity index (χ3n) is 5.05. The van der Waals surface area contributed by atoms with Crippen LogP contribution in [0.5, 0.6) is 0 Å². The number of carbonyl (C=O) groups excluding carboxylic acids is 1. The molecule has 0 radical (unpaired) electrons. The van der Waals surface area contributed by atoms with Gasteiger partial charge >= 0.3 is 0 Å². The largest absolute Gasteiger partial charge is 0.285 e. The summed E-state index contributed by atoms with van der Waals surface area (Å²) in [6.07, 6.45) is 3.25. The lowest BCUT2D eigenvalue weighted by molar-refractivity contribution is 0.102. The maximum absolute atomic E-state index is 12.9. The zero-order valence-corrected chi connectivity index (χ0v) is 17.5. The Balaban J connectivity index is 1.58. The maximum atomic E-state index is 12.9. The van der Waals surface area contributed by atoms with E-state index in [-0.39, 0.29) is 17.2 Å². The molecule has 0 aliphatic carbocycles. The first-order valence-electron chi connectivity index (χ1n) is 10.0. The minimum absolute atomic E-state index is 0.230. The number of carbonyl (C=O) groups is 1. The van der Waals surface area contributed by atoms with Gasteiger partial charge in [-0.1, -0.05) is 62.4 Å². The van der Waals surface area contributed by atoms with Crippen LogP contribution in [0.25, 0.3) is 11.4 Å². The minimum atomic E-state index is -0.312. The normalized spacial score (nSPS) is 11.4. The summed E-state index contributed by atoms with van der Waals surface area (Å²) in [4.78, 5) is 12.9. The third-order valence-corrected chi connectivity index (χ3v) is 5.05. The predicted octanol–water partition coefficient (Wildman–Crippen LogP) is 4.33. The molecule has 2 heterocycles. The molecule has 0 fully saturated rings. The Kier molecular flexibility index (Phi) is 5.27. The van der Waals surface area contributed by atoms with Gasteiger partial charge in [0, 0.05) is 0 Å². The molecule has 4 rings (SSSR count). The van der Waals surface area contributed by atoms with Crippen molar-refractivity contribution in [2.45, 2.75) is 39.5 Å². The lowest BCUT2D eigenvalue weighted by Gasteiger charge is -2.07. The van der Waals surface area contributed by atoms with Crippen LogP contribution in [0.3, 0.4) is 0 Å². The molecular weight excluding hydrogens is 376 g/mol. The van der Waals surface area contributed by atoms with Crippen LogP contribution >= 0.6 is 0 Å². The van der Waals surface area contributed by atoms with Gasteiger partial charge in [-0.15, -0.1) is 10.2 Å². The van der Waals surface area contributed by atoms with Crippen LogP contribution < -0.4 is 0 Å². The zero-order valence-electron chi connectivity index (χ0n) is 17.5. The average Bonchev–Trinajstić information content (AvgIpc) is 3.44. The van der Waals surface area contributed by atoms with Crippen LogP contribution in [-0.2, 0) is 0 Å². The second-order valence-corrected chi connectivity index (χ2v) is 7.93. The van der Waals surface area contributed by atoms with Gasteiger partial charge in [-0.05, 0) is 47.2 Å². The zero-order chi connectivity index (χ0) is 21.3. The maximum Gasteiger partial charge on any atom is 0.236 e. The Hall–Kier alpha value is -3.61. The van der Waals surface area contributed by atoms with Gasteiger partial charge in [0.15, 0.2) is 11.4 Å². The van der Waals surface area contributed by atoms with E-state index >= 15 is 0 Å². The first-order chi connectivity index (χ1) is 14.4. The van der Waals surface area contributed by atoms with Gasteiger partial charge in [0.1, 0.15) is 0 Å². The number of ketones is 1. The molecule has 152 valence electrons. The van der Waals surface area contributed by atoms with Gasteiger partial charge in [-0.25, -0.2) is 9.36 Å². The highest BCUT2D eigenvalue weighted by atomic mass is 16.1. The van der Waals surface area contributed by atoms with Gasteiger partial charge in [0.05, 0.1) is 23.8 Å². The Morgan fingerprint density at radius 3 is 1.57 bits per heavy atom. The fourth-order valence-electron chi connectivity index (χ4n) is 3.17. The summed E-state index contributed by atoms with van der Waals surface area (Å²) in [6.45, 7) is 8.54. The van der Waals surface area contributed by atoms with Crippen molar-refractivity contribution in [3.8, 4) is 11.4 Å². The van der Waals surface area contributed by atoms with E-state index in [1.165, 1.54) is 11.1 Å². The highest BCUT2D eigenvalue weighted by Gasteiger charge is 2.18. The van der Waals surface area contributed by atoms with Crippen molar-refractivity contribution in [3.63, 3.8) is 0 Å². The fourth-order valence-corrected chi connectivity index (χ4v) is 3.17. The predicted molar refractivity (Wildman–Crippen MR) is 114 cm³/mol. The van der Waals surface area contributed by atoms with Gasteiger partial charge in [0.2, 0.25) is 5.78 Å². The van der Waals surface area contributed by atoms with E-state index in [4.69, 9.17) is 0 Å². The van der Waals surface area contributed by atoms with Crippen LogP contribution in [0.1, 0.15) is 66.8 Å². The van der Waals surface area contributed by atoms with Crippen molar-refractivity contribution in [2.24, 2.45) is 0 Å². The number of hydrogen-bond acceptors (Lipinski definition) is 5. The van der Waals surface area contributed by atoms with E-state index in [9.17, 15) is 4.79 Å². The molecule has 7 heteroatoms. The van der Waals surface area contributed by atoms with Crippen LogP contribution in [0, 0.1) is 0 Å². The van der Waals surface area contributed by atoms with Crippen molar-refractivity contribution >= 4 is 5.78 Å². The standard InChI is InChI=1S/C23H24N6O/c1-15(2)17-7-5-9-19(11-17)28-13-21(24-26-28)23(30)22-14-29(27-25-22)20-10-6-8-18(12-20)16(3)4/h5-16H,1-4H3. The van der Waals surface area contributed by atoms with Crippen molar-refractivity contribution in [1.29, 1.82) is 0 Å². The quantitative estimate of drug-likeness (QED) is 0.450. The molecular formula is C23H24N6O. The molecule has 0 atom stereocenters. The summed E-state index contributed by atoms with van der Waals surface area (Å²) in [6, 6.07) is 16.1. The van der Waals surface area contributed by atoms with Gasteiger partial charge < -0.3 is 0 Å². The average molecular weight is 400 g/mol. The molecule has 0 amide bonds. The van der Waals surface area contributed by atoms with E-state index in [1.54, 1.807) is 21.8 Å². The van der Waals surface area contributed by atoms with Crippen molar-refractivity contribution < 1.29 is 4.79 Å². The number of nitrogens with zero attached hydrogens (tertiary/aromatic N) is 6. The SMILES string of the molecule is CC(C)c1cccc(-n2cc(C(=O)c3cn(-c4cccc(C(C)C)c4)nn3)nn2)c1. The second-order valence-electron chi connectivity index (χ2n) is 7.93. The molecule has 7 nitrogen and oxygen atoms in total. The monoisotopic (exact) mass is 400 g/mol. The lowest BCUT2D eigenvalue weighted by Crippen LogP contribution is -2.02. The van der Waals surface area contributed by atoms with Crippen LogP contribution in [0.4, 0.5) is 0 Å². The van der Waals surface area contributed by atoms with Crippen molar-refractivity contribution in [3.05, 3.63) is 83.4 Å². The molecule has 0 saturated carbocycles. The van der Waals surface area contributed by atoms with Crippen LogP contribution in [0.2, 0.25) is 0 Å². The molecule has 30 heavy (non-hydrogen) atoms. The molecule has 0 aliphatic rings. The Morgan fingerprint density at radius 2 is 1.17 bits per heavy atom. The van der Waals surface area contributed by atoms with Crippen LogP contribution in [-0.4, -0.2) is 35.8 Å². The minimum Gasteiger partial charge on any atom is -0.285 e. The van der Waals surface area contributed by atoms with Gasteiger partial charge in [-0.3, -0.25) is 4.79 Å². The van der Waals surface area contributed by atoms with Crippen molar-refractivity contribution in [1.82, 2.24) is 30.0 Å². The summed E-state index contributed by atoms with van der Waals surface area (Å²) in [5, 5.41) is 16.3. The number of aromatic nitrogens is 6. The topological polar surface area (TPSA) is 78.5 Å². The first kappa shape index (κ1) is 19.7. The molecule has 2 aromatic heterocycles. The molecule has 2 aromatic carbocycles. The Morgan fingerprint density at radius 1 is 0.733 bits per heavy atom. The van der Waals surface area contributed by atoms with Gasteiger partial charge in [-0.2, -0.15) is 0 Å². The van der Waals surface area contributed by atoms with Crippen LogP contribution in [0.15, 0.2) is 60.9 Å². The number of hydrogen-bond donors (Lipinski definition) is 0. The summed E-state index contributed by atoms with van der Waals surface area (Å²) in [7, 11) is 0. The third kappa shape index (κ3) is 3.91. The highest BCUT2D eigenvalue weighted by Crippen LogP contribution is 2.19.